The molecule has 0 saturated heterocycles. The molecule has 2 N–H and O–H groups in total. The Hall–Kier alpha value is -1.65. The van der Waals surface area contributed by atoms with E-state index >= 15 is 0 Å². The zero-order chi connectivity index (χ0) is 9.42. The molecule has 0 spiro atoms. The van der Waals surface area contributed by atoms with Gasteiger partial charge in [-0.1, -0.05) is 0 Å². The second-order valence-corrected chi connectivity index (χ2v) is 2.96. The number of nitrogens with one attached hydrogen (secondary N) is 1. The van der Waals surface area contributed by atoms with Crippen molar-refractivity contribution in [3.05, 3.63) is 11.4 Å². The summed E-state index contributed by atoms with van der Waals surface area (Å²) in [7, 11) is 0. The average Bonchev–Trinajstić information content (AvgIpc) is 2.52. The number of carboxylic acid groups (broad SMARTS) is 1. The van der Waals surface area contributed by atoms with Crippen molar-refractivity contribution in [1.29, 1.82) is 0 Å². The van der Waals surface area contributed by atoms with Crippen molar-refractivity contribution in [2.24, 2.45) is 10.9 Å². The first kappa shape index (κ1) is 7.97. The van der Waals surface area contributed by atoms with Gasteiger partial charge in [0.15, 0.2) is 11.7 Å². The van der Waals surface area contributed by atoms with Crippen LogP contribution in [0, 0.1) is 5.92 Å². The molecule has 2 heterocycles. The number of aliphatic imine (C=N–C) groups is 1. The summed E-state index contributed by atoms with van der Waals surface area (Å²) in [6.07, 6.45) is 1.76. The molecule has 0 bridgehead atoms. The van der Waals surface area contributed by atoms with E-state index in [0.717, 1.165) is 0 Å². The predicted octanol–water partition coefficient (Wildman–Crippen LogP) is -0.454. The molecule has 1 unspecified atom stereocenters. The molecule has 0 saturated carbocycles. The van der Waals surface area contributed by atoms with Crippen molar-refractivity contribution in [3.8, 4) is 0 Å². The summed E-state index contributed by atoms with van der Waals surface area (Å²) < 4.78 is 0. The number of Topliss-reactive ketones (excluding diaryl/α,β-unsaturated/α-hetero) is 1. The van der Waals surface area contributed by atoms with Gasteiger partial charge in [0.25, 0.3) is 0 Å². The van der Waals surface area contributed by atoms with Gasteiger partial charge < -0.3 is 10.4 Å². The zero-order valence-electron chi connectivity index (χ0n) is 6.78. The molecule has 2 aliphatic heterocycles. The topological polar surface area (TPSA) is 78.8 Å². The molecule has 2 aliphatic rings. The maximum Gasteiger partial charge on any atom is 0.319 e. The molecule has 0 aromatic heterocycles. The largest absolute Gasteiger partial charge is 0.480 e. The zero-order valence-corrected chi connectivity index (χ0v) is 6.78. The molecule has 68 valence electrons. The summed E-state index contributed by atoms with van der Waals surface area (Å²) in [5.41, 5.74) is 0.523. The lowest BCUT2D eigenvalue weighted by Crippen LogP contribution is -2.29. The monoisotopic (exact) mass is 180 g/mol. The number of hydrogen-bond acceptors (Lipinski definition) is 4. The lowest BCUT2D eigenvalue weighted by molar-refractivity contribution is -0.142. The van der Waals surface area contributed by atoms with Crippen LogP contribution in [-0.2, 0) is 9.59 Å². The van der Waals surface area contributed by atoms with E-state index < -0.39 is 11.9 Å². The van der Waals surface area contributed by atoms with E-state index in [-0.39, 0.29) is 5.78 Å². The van der Waals surface area contributed by atoms with Crippen molar-refractivity contribution in [3.63, 3.8) is 0 Å². The highest BCUT2D eigenvalue weighted by Crippen LogP contribution is 2.22. The number of aliphatic carboxylic acids is 1. The van der Waals surface area contributed by atoms with E-state index in [9.17, 15) is 9.59 Å². The van der Waals surface area contributed by atoms with Gasteiger partial charge in [-0.3, -0.25) is 9.59 Å². The summed E-state index contributed by atoms with van der Waals surface area (Å²) in [5, 5.41) is 11.6. The SMILES string of the molecule is O=C(O)C1C=NC2=C(CCN2)C1=O. The van der Waals surface area contributed by atoms with Crippen molar-refractivity contribution in [1.82, 2.24) is 5.32 Å². The van der Waals surface area contributed by atoms with E-state index in [1.54, 1.807) is 0 Å². The minimum absolute atomic E-state index is 0.331. The molecule has 0 aliphatic carbocycles. The van der Waals surface area contributed by atoms with Crippen LogP contribution in [0.15, 0.2) is 16.4 Å². The summed E-state index contributed by atoms with van der Waals surface area (Å²) in [4.78, 5) is 26.0. The number of hydrogen-bond donors (Lipinski definition) is 2. The highest BCUT2D eigenvalue weighted by molar-refractivity contribution is 6.19. The maximum absolute atomic E-state index is 11.5. The van der Waals surface area contributed by atoms with Gasteiger partial charge in [-0.25, -0.2) is 4.99 Å². The van der Waals surface area contributed by atoms with Gasteiger partial charge in [0.05, 0.1) is 0 Å². The standard InChI is InChI=1S/C8H8N2O3/c11-6-4-1-2-9-7(4)10-3-5(6)8(12)13/h3,5,9H,1-2H2,(H,12,13). The summed E-state index contributed by atoms with van der Waals surface area (Å²) in [6.45, 7) is 0.667. The van der Waals surface area contributed by atoms with Crippen molar-refractivity contribution >= 4 is 18.0 Å². The molecule has 5 nitrogen and oxygen atoms in total. The molecule has 0 aromatic rings. The number of carbonyl (C=O) groups is 2. The number of rotatable bonds is 1. The first-order valence-corrected chi connectivity index (χ1v) is 3.98. The fourth-order valence-electron chi connectivity index (χ4n) is 1.47. The molecule has 0 aromatic carbocycles. The predicted molar refractivity (Wildman–Crippen MR) is 44.3 cm³/mol. The fraction of sp³-hybridized carbons (Fsp3) is 0.375. The normalized spacial score (nSPS) is 25.8. The average molecular weight is 180 g/mol. The first-order valence-electron chi connectivity index (χ1n) is 3.98. The third-order valence-electron chi connectivity index (χ3n) is 2.15. The van der Waals surface area contributed by atoms with Gasteiger partial charge in [-0.05, 0) is 6.42 Å². The molecule has 1 atom stereocenters. The van der Waals surface area contributed by atoms with Gasteiger partial charge in [0.2, 0.25) is 0 Å². The Morgan fingerprint density at radius 1 is 1.69 bits per heavy atom. The Balaban J connectivity index is 2.32. The molecular formula is C8H8N2O3. The second kappa shape index (κ2) is 2.69. The van der Waals surface area contributed by atoms with Crippen LogP contribution in [0.2, 0.25) is 0 Å². The molecular weight excluding hydrogens is 172 g/mol. The van der Waals surface area contributed by atoms with Gasteiger partial charge in [-0.2, -0.15) is 0 Å². The molecule has 2 rings (SSSR count). The Bertz CT molecular complexity index is 343. The van der Waals surface area contributed by atoms with Crippen LogP contribution in [-0.4, -0.2) is 29.6 Å². The van der Waals surface area contributed by atoms with Gasteiger partial charge in [-0.15, -0.1) is 0 Å². The molecule has 5 heteroatoms. The number of carboxylic acids is 1. The third kappa shape index (κ3) is 1.12. The Labute approximate surface area is 74.2 Å². The summed E-state index contributed by atoms with van der Waals surface area (Å²) in [6, 6.07) is 0. The van der Waals surface area contributed by atoms with Crippen molar-refractivity contribution < 1.29 is 14.7 Å². The maximum atomic E-state index is 11.5. The van der Waals surface area contributed by atoms with Crippen molar-refractivity contribution in [2.75, 3.05) is 6.54 Å². The van der Waals surface area contributed by atoms with E-state index in [0.29, 0.717) is 24.4 Å². The first-order chi connectivity index (χ1) is 6.20. The minimum atomic E-state index is -1.13. The van der Waals surface area contributed by atoms with Crippen LogP contribution >= 0.6 is 0 Å². The second-order valence-electron chi connectivity index (χ2n) is 2.96. The quantitative estimate of drug-likeness (QED) is 0.535. The Morgan fingerprint density at radius 3 is 3.15 bits per heavy atom. The van der Waals surface area contributed by atoms with E-state index in [1.807, 2.05) is 0 Å². The van der Waals surface area contributed by atoms with E-state index in [4.69, 9.17) is 5.11 Å². The van der Waals surface area contributed by atoms with Gasteiger partial charge in [0.1, 0.15) is 5.82 Å². The molecule has 0 fully saturated rings. The van der Waals surface area contributed by atoms with E-state index in [1.165, 1.54) is 6.21 Å². The van der Waals surface area contributed by atoms with E-state index in [2.05, 4.69) is 10.3 Å². The van der Waals surface area contributed by atoms with Gasteiger partial charge in [0, 0.05) is 18.3 Å². The number of ketones is 1. The number of nitrogens with zero attached hydrogens (tertiary/aromatic N) is 1. The lowest BCUT2D eigenvalue weighted by Gasteiger charge is -2.11. The molecule has 0 radical (unpaired) electrons. The lowest BCUT2D eigenvalue weighted by atomic mass is 9.96. The van der Waals surface area contributed by atoms with Crippen LogP contribution in [0.5, 0.6) is 0 Å². The van der Waals surface area contributed by atoms with Gasteiger partial charge >= 0.3 is 5.97 Å². The van der Waals surface area contributed by atoms with Crippen LogP contribution in [0.1, 0.15) is 6.42 Å². The van der Waals surface area contributed by atoms with Crippen LogP contribution in [0.3, 0.4) is 0 Å². The Kier molecular flexibility index (Phi) is 1.65. The Morgan fingerprint density at radius 2 is 2.46 bits per heavy atom. The molecule has 0 amide bonds. The summed E-state index contributed by atoms with van der Waals surface area (Å²) in [5.74, 6) is -2.00. The number of carbonyl (C=O) groups excluding carboxylic acids is 1. The fourth-order valence-corrected chi connectivity index (χ4v) is 1.47. The highest BCUT2D eigenvalue weighted by Gasteiger charge is 2.34. The highest BCUT2D eigenvalue weighted by atomic mass is 16.4. The van der Waals surface area contributed by atoms with Crippen molar-refractivity contribution in [2.45, 2.75) is 6.42 Å². The molecule has 13 heavy (non-hydrogen) atoms. The third-order valence-corrected chi connectivity index (χ3v) is 2.15. The minimum Gasteiger partial charge on any atom is -0.480 e. The van der Waals surface area contributed by atoms with Crippen LogP contribution in [0.4, 0.5) is 0 Å². The van der Waals surface area contributed by atoms with Crippen LogP contribution in [0.25, 0.3) is 0 Å². The smallest absolute Gasteiger partial charge is 0.319 e. The summed E-state index contributed by atoms with van der Waals surface area (Å²) >= 11 is 0. The van der Waals surface area contributed by atoms with Crippen LogP contribution < -0.4 is 5.32 Å².